The molecule has 1 amide bonds. The molecule has 3 aliphatic rings. The van der Waals surface area contributed by atoms with Crippen molar-refractivity contribution in [2.75, 3.05) is 18.8 Å². The molecule has 0 radical (unpaired) electrons. The van der Waals surface area contributed by atoms with E-state index in [9.17, 15) is 13.2 Å². The summed E-state index contributed by atoms with van der Waals surface area (Å²) in [6.45, 7) is 0.937. The van der Waals surface area contributed by atoms with Crippen LogP contribution in [0.1, 0.15) is 65.1 Å². The van der Waals surface area contributed by atoms with Gasteiger partial charge in [-0.1, -0.05) is 12.8 Å². The molecule has 1 aliphatic heterocycles. The lowest BCUT2D eigenvalue weighted by Crippen LogP contribution is -2.46. The summed E-state index contributed by atoms with van der Waals surface area (Å²) in [7, 11) is -3.07. The molecule has 1 aromatic heterocycles. The number of aryl methyl sites for hydroxylation is 2. The molecular formula is C18H25NO3S2. The van der Waals surface area contributed by atoms with E-state index in [2.05, 4.69) is 6.07 Å². The Morgan fingerprint density at radius 1 is 1.04 bits per heavy atom. The summed E-state index contributed by atoms with van der Waals surface area (Å²) in [6, 6.07) is 2.08. The van der Waals surface area contributed by atoms with Gasteiger partial charge >= 0.3 is 0 Å². The third kappa shape index (κ3) is 2.71. The maximum atomic E-state index is 12.9. The number of sulfone groups is 1. The van der Waals surface area contributed by atoms with Crippen LogP contribution in [0.15, 0.2) is 6.07 Å². The highest BCUT2D eigenvalue weighted by Gasteiger charge is 2.50. The number of hydrogen-bond acceptors (Lipinski definition) is 4. The van der Waals surface area contributed by atoms with Gasteiger partial charge in [0, 0.05) is 18.0 Å². The van der Waals surface area contributed by atoms with Crippen molar-refractivity contribution >= 4 is 27.1 Å². The van der Waals surface area contributed by atoms with E-state index in [-0.39, 0.29) is 11.7 Å². The predicted octanol–water partition coefficient (Wildman–Crippen LogP) is 3.20. The molecule has 1 saturated heterocycles. The first-order chi connectivity index (χ1) is 11.5. The summed E-state index contributed by atoms with van der Waals surface area (Å²) in [5.74, 6) is 0.170. The van der Waals surface area contributed by atoms with Gasteiger partial charge in [-0.3, -0.25) is 4.79 Å². The topological polar surface area (TPSA) is 54.5 Å². The minimum atomic E-state index is -3.07. The van der Waals surface area contributed by atoms with Gasteiger partial charge in [-0.25, -0.2) is 8.42 Å². The molecule has 0 bridgehead atoms. The van der Waals surface area contributed by atoms with E-state index < -0.39 is 14.6 Å². The first-order valence-corrected chi connectivity index (χ1v) is 11.6. The van der Waals surface area contributed by atoms with Crippen molar-refractivity contribution in [3.05, 3.63) is 21.4 Å². The number of thiophene rings is 1. The molecule has 24 heavy (non-hydrogen) atoms. The van der Waals surface area contributed by atoms with E-state index in [4.69, 9.17) is 0 Å². The van der Waals surface area contributed by atoms with Crippen LogP contribution >= 0.6 is 11.3 Å². The fourth-order valence-corrected chi connectivity index (χ4v) is 7.75. The third-order valence-electron chi connectivity index (χ3n) is 6.14. The van der Waals surface area contributed by atoms with Crippen LogP contribution in [0.2, 0.25) is 0 Å². The summed E-state index contributed by atoms with van der Waals surface area (Å²) in [5.41, 5.74) is 1.35. The molecule has 0 N–H and O–H groups in total. The maximum absolute atomic E-state index is 12.9. The van der Waals surface area contributed by atoms with Gasteiger partial charge in [0.25, 0.3) is 5.91 Å². The van der Waals surface area contributed by atoms with Crippen LogP contribution in [0.25, 0.3) is 0 Å². The highest BCUT2D eigenvalue weighted by molar-refractivity contribution is 7.92. The van der Waals surface area contributed by atoms with Crippen molar-refractivity contribution in [3.63, 3.8) is 0 Å². The van der Waals surface area contributed by atoms with E-state index in [0.717, 1.165) is 37.0 Å². The standard InChI is InChI=1S/C18H25NO3S2/c20-17(16-13-14-5-2-1-3-6-15(14)23-16)19-10-9-18(7-4-8-18)24(21,22)12-11-19/h13H,1-12H2. The Bertz CT molecular complexity index is 723. The van der Waals surface area contributed by atoms with Crippen molar-refractivity contribution in [2.24, 2.45) is 0 Å². The van der Waals surface area contributed by atoms with E-state index in [0.29, 0.717) is 19.5 Å². The van der Waals surface area contributed by atoms with E-state index in [1.165, 1.54) is 29.7 Å². The van der Waals surface area contributed by atoms with Crippen molar-refractivity contribution in [3.8, 4) is 0 Å². The van der Waals surface area contributed by atoms with Crippen molar-refractivity contribution in [1.29, 1.82) is 0 Å². The Hall–Kier alpha value is -0.880. The third-order valence-corrected chi connectivity index (χ3v) is 10.0. The molecule has 2 heterocycles. The zero-order chi connectivity index (χ0) is 16.8. The van der Waals surface area contributed by atoms with E-state index >= 15 is 0 Å². The van der Waals surface area contributed by atoms with Crippen molar-refractivity contribution < 1.29 is 13.2 Å². The smallest absolute Gasteiger partial charge is 0.263 e. The number of rotatable bonds is 1. The van der Waals surface area contributed by atoms with Crippen LogP contribution in [-0.4, -0.2) is 42.8 Å². The second-order valence-corrected chi connectivity index (χ2v) is 11.2. The maximum Gasteiger partial charge on any atom is 0.263 e. The molecule has 132 valence electrons. The van der Waals surface area contributed by atoms with Crippen molar-refractivity contribution in [1.82, 2.24) is 4.90 Å². The molecule has 1 saturated carbocycles. The number of hydrogen-bond donors (Lipinski definition) is 0. The van der Waals surface area contributed by atoms with Crippen LogP contribution in [0.4, 0.5) is 0 Å². The fourth-order valence-electron chi connectivity index (χ4n) is 4.32. The normalized spacial score (nSPS) is 25.4. The first-order valence-electron chi connectivity index (χ1n) is 9.14. The lowest BCUT2D eigenvalue weighted by Gasteiger charge is -2.39. The number of carbonyl (C=O) groups is 1. The lowest BCUT2D eigenvalue weighted by molar-refractivity contribution is 0.0763. The van der Waals surface area contributed by atoms with Crippen LogP contribution < -0.4 is 0 Å². The number of amides is 1. The second-order valence-electron chi connectivity index (χ2n) is 7.52. The van der Waals surface area contributed by atoms with Gasteiger partial charge in [0.1, 0.15) is 0 Å². The zero-order valence-corrected chi connectivity index (χ0v) is 15.7. The van der Waals surface area contributed by atoms with Gasteiger partial charge in [-0.05, 0) is 56.6 Å². The fraction of sp³-hybridized carbons (Fsp3) is 0.722. The van der Waals surface area contributed by atoms with Gasteiger partial charge in [0.15, 0.2) is 9.84 Å². The number of carbonyl (C=O) groups excluding carboxylic acids is 1. The Labute approximate surface area is 148 Å². The average Bonchev–Trinajstić information content (AvgIpc) is 2.69. The van der Waals surface area contributed by atoms with Gasteiger partial charge in [-0.2, -0.15) is 0 Å². The van der Waals surface area contributed by atoms with Gasteiger partial charge in [0.05, 0.1) is 15.4 Å². The quantitative estimate of drug-likeness (QED) is 0.716. The molecule has 2 fully saturated rings. The zero-order valence-electron chi connectivity index (χ0n) is 14.1. The molecule has 6 heteroatoms. The molecule has 4 nitrogen and oxygen atoms in total. The summed E-state index contributed by atoms with van der Waals surface area (Å²) in [6.07, 6.45) is 9.05. The number of nitrogens with zero attached hydrogens (tertiary/aromatic N) is 1. The summed E-state index contributed by atoms with van der Waals surface area (Å²) in [4.78, 5) is 16.9. The van der Waals surface area contributed by atoms with Gasteiger partial charge < -0.3 is 4.90 Å². The molecule has 0 aromatic carbocycles. The second kappa shape index (κ2) is 6.13. The molecule has 4 rings (SSSR count). The Kier molecular flexibility index (Phi) is 4.23. The summed E-state index contributed by atoms with van der Waals surface area (Å²) >= 11 is 1.64. The first kappa shape index (κ1) is 16.6. The molecule has 0 atom stereocenters. The molecular weight excluding hydrogens is 342 g/mol. The average molecular weight is 368 g/mol. The monoisotopic (exact) mass is 367 g/mol. The SMILES string of the molecule is O=C(c1cc2c(s1)CCCCC2)N1CCC2(CCC2)S(=O)(=O)CC1. The summed E-state index contributed by atoms with van der Waals surface area (Å²) < 4.78 is 24.6. The van der Waals surface area contributed by atoms with Gasteiger partial charge in [-0.15, -0.1) is 11.3 Å². The largest absolute Gasteiger partial charge is 0.337 e. The highest BCUT2D eigenvalue weighted by Crippen LogP contribution is 2.44. The van der Waals surface area contributed by atoms with Crippen LogP contribution in [-0.2, 0) is 22.7 Å². The molecule has 1 spiro atoms. The minimum Gasteiger partial charge on any atom is -0.337 e. The van der Waals surface area contributed by atoms with Gasteiger partial charge in [0.2, 0.25) is 0 Å². The molecule has 2 aliphatic carbocycles. The van der Waals surface area contributed by atoms with Crippen LogP contribution in [0.3, 0.4) is 0 Å². The Morgan fingerprint density at radius 2 is 1.83 bits per heavy atom. The highest BCUT2D eigenvalue weighted by atomic mass is 32.2. The van der Waals surface area contributed by atoms with Crippen LogP contribution in [0, 0.1) is 0 Å². The summed E-state index contributed by atoms with van der Waals surface area (Å²) in [5, 5.41) is 0. The molecule has 1 aromatic rings. The lowest BCUT2D eigenvalue weighted by atomic mass is 9.81. The number of fused-ring (bicyclic) bond motifs is 1. The Balaban J connectivity index is 1.53. The van der Waals surface area contributed by atoms with Crippen molar-refractivity contribution in [2.45, 2.75) is 62.5 Å². The minimum absolute atomic E-state index is 0.0413. The van der Waals surface area contributed by atoms with E-state index in [1.807, 2.05) is 0 Å². The predicted molar refractivity (Wildman–Crippen MR) is 96.5 cm³/mol. The van der Waals surface area contributed by atoms with Crippen LogP contribution in [0.5, 0.6) is 0 Å². The molecule has 0 unspecified atom stereocenters. The van der Waals surface area contributed by atoms with E-state index in [1.54, 1.807) is 16.2 Å². The Morgan fingerprint density at radius 3 is 2.58 bits per heavy atom.